The summed E-state index contributed by atoms with van der Waals surface area (Å²) in [7, 11) is 0. The molecule has 0 atom stereocenters. The lowest BCUT2D eigenvalue weighted by atomic mass is 10.4. The Morgan fingerprint density at radius 2 is 1.91 bits per heavy atom. The first kappa shape index (κ1) is 11.7. The molecule has 0 fully saturated rings. The summed E-state index contributed by atoms with van der Waals surface area (Å²) >= 11 is 25.9. The van der Waals surface area contributed by atoms with Crippen molar-refractivity contribution >= 4 is 64.2 Å². The van der Waals surface area contributed by atoms with E-state index in [1.54, 1.807) is 0 Å². The monoisotopic (exact) mass is 256 g/mol. The third-order valence-corrected chi connectivity index (χ3v) is 2.49. The molecule has 0 radical (unpaired) electrons. The van der Waals surface area contributed by atoms with Gasteiger partial charge in [0, 0.05) is 5.54 Å². The standard InChI is InChI=1S/C4HCl5O2/c5-1-2(6)4(7,8)3(10)11-9/h1H. The van der Waals surface area contributed by atoms with Gasteiger partial charge in [0.05, 0.1) is 5.03 Å². The predicted molar refractivity (Wildman–Crippen MR) is 46.2 cm³/mol. The lowest BCUT2D eigenvalue weighted by molar-refractivity contribution is -0.133. The zero-order chi connectivity index (χ0) is 9.07. The first-order chi connectivity index (χ1) is 4.96. The van der Waals surface area contributed by atoms with E-state index in [0.29, 0.717) is 0 Å². The van der Waals surface area contributed by atoms with Crippen LogP contribution in [0, 0.1) is 0 Å². The smallest absolute Gasteiger partial charge is 0.344 e. The highest BCUT2D eigenvalue weighted by molar-refractivity contribution is 6.65. The maximum Gasteiger partial charge on any atom is 0.366 e. The summed E-state index contributed by atoms with van der Waals surface area (Å²) in [5.41, 5.74) is 0.843. The van der Waals surface area contributed by atoms with Crippen molar-refractivity contribution in [3.63, 3.8) is 0 Å². The Morgan fingerprint density at radius 3 is 2.18 bits per heavy atom. The van der Waals surface area contributed by atoms with Crippen LogP contribution in [0.15, 0.2) is 10.6 Å². The van der Waals surface area contributed by atoms with E-state index in [1.807, 2.05) is 0 Å². The molecule has 0 unspecified atom stereocenters. The summed E-state index contributed by atoms with van der Waals surface area (Å²) in [6, 6.07) is 0. The second-order valence-corrected chi connectivity index (χ2v) is 3.50. The van der Waals surface area contributed by atoms with E-state index in [-0.39, 0.29) is 5.03 Å². The van der Waals surface area contributed by atoms with E-state index in [2.05, 4.69) is 4.29 Å². The van der Waals surface area contributed by atoms with Gasteiger partial charge in [-0.1, -0.05) is 46.4 Å². The SMILES string of the molecule is O=C(OCl)C(Cl)(Cl)C(Cl)=CCl. The maximum absolute atomic E-state index is 10.6. The van der Waals surface area contributed by atoms with Crippen molar-refractivity contribution in [1.82, 2.24) is 0 Å². The fourth-order valence-corrected chi connectivity index (χ4v) is 0.948. The van der Waals surface area contributed by atoms with Crippen molar-refractivity contribution in [2.45, 2.75) is 4.33 Å². The third-order valence-electron chi connectivity index (χ3n) is 0.722. The van der Waals surface area contributed by atoms with E-state index in [1.165, 1.54) is 0 Å². The minimum Gasteiger partial charge on any atom is -0.344 e. The van der Waals surface area contributed by atoms with Crippen LogP contribution < -0.4 is 0 Å². The summed E-state index contributed by atoms with van der Waals surface area (Å²) in [6.07, 6.45) is 0. The molecule has 11 heavy (non-hydrogen) atoms. The first-order valence-electron chi connectivity index (χ1n) is 2.14. The summed E-state index contributed by atoms with van der Waals surface area (Å²) in [4.78, 5) is 10.6. The van der Waals surface area contributed by atoms with Crippen molar-refractivity contribution in [3.8, 4) is 0 Å². The molecule has 0 saturated carbocycles. The first-order valence-corrected chi connectivity index (χ1v) is 4.02. The van der Waals surface area contributed by atoms with E-state index in [9.17, 15) is 4.79 Å². The quantitative estimate of drug-likeness (QED) is 0.711. The molecule has 0 aliphatic carbocycles. The van der Waals surface area contributed by atoms with Crippen LogP contribution in [0.2, 0.25) is 0 Å². The number of halogens is 5. The fourth-order valence-electron chi connectivity index (χ4n) is 0.214. The van der Waals surface area contributed by atoms with Crippen molar-refractivity contribution in [1.29, 1.82) is 0 Å². The minimum atomic E-state index is -2.04. The fraction of sp³-hybridized carbons (Fsp3) is 0.250. The van der Waals surface area contributed by atoms with Gasteiger partial charge >= 0.3 is 5.97 Å². The molecule has 0 saturated heterocycles. The number of carbonyl (C=O) groups excluding carboxylic acids is 1. The van der Waals surface area contributed by atoms with E-state index < -0.39 is 10.3 Å². The number of hydrogen-bond acceptors (Lipinski definition) is 2. The zero-order valence-electron chi connectivity index (χ0n) is 4.78. The molecule has 0 spiro atoms. The van der Waals surface area contributed by atoms with Crippen LogP contribution in [-0.4, -0.2) is 10.3 Å². The van der Waals surface area contributed by atoms with Gasteiger partial charge in [-0.25, -0.2) is 4.79 Å². The summed E-state index contributed by atoms with van der Waals surface area (Å²) in [5.74, 6) is -1.11. The highest BCUT2D eigenvalue weighted by Gasteiger charge is 2.39. The lowest BCUT2D eigenvalue weighted by Crippen LogP contribution is -2.26. The molecule has 0 rings (SSSR count). The maximum atomic E-state index is 10.6. The molecule has 64 valence electrons. The van der Waals surface area contributed by atoms with Crippen LogP contribution in [0.25, 0.3) is 0 Å². The number of alkyl halides is 2. The molecule has 0 aliphatic rings. The Balaban J connectivity index is 4.58. The second kappa shape index (κ2) is 4.63. The Labute approximate surface area is 88.1 Å². The Bertz CT molecular complexity index is 187. The molecule has 0 aromatic rings. The molecule has 0 bridgehead atoms. The van der Waals surface area contributed by atoms with Crippen molar-refractivity contribution < 1.29 is 9.08 Å². The van der Waals surface area contributed by atoms with Crippen LogP contribution in [0.3, 0.4) is 0 Å². The average molecular weight is 258 g/mol. The van der Waals surface area contributed by atoms with Crippen molar-refractivity contribution in [2.24, 2.45) is 0 Å². The molecule has 2 nitrogen and oxygen atoms in total. The van der Waals surface area contributed by atoms with E-state index in [0.717, 1.165) is 5.54 Å². The lowest BCUT2D eigenvalue weighted by Gasteiger charge is -2.12. The summed E-state index contributed by atoms with van der Waals surface area (Å²) in [6.45, 7) is 0. The van der Waals surface area contributed by atoms with Crippen LogP contribution >= 0.6 is 58.3 Å². The Hall–Kier alpha value is 0.660. The molecule has 0 heterocycles. The summed E-state index contributed by atoms with van der Waals surface area (Å²) < 4.78 is 1.69. The van der Waals surface area contributed by atoms with E-state index >= 15 is 0 Å². The normalized spacial score (nSPS) is 13.0. The van der Waals surface area contributed by atoms with Gasteiger partial charge < -0.3 is 4.29 Å². The number of rotatable bonds is 2. The predicted octanol–water partition coefficient (Wildman–Crippen LogP) is 3.18. The number of hydrogen-bond donors (Lipinski definition) is 0. The minimum absolute atomic E-state index is 0.284. The molecule has 0 amide bonds. The third kappa shape index (κ3) is 2.88. The van der Waals surface area contributed by atoms with Crippen LogP contribution in [0.1, 0.15) is 0 Å². The van der Waals surface area contributed by atoms with Gasteiger partial charge in [-0.3, -0.25) is 0 Å². The van der Waals surface area contributed by atoms with Crippen molar-refractivity contribution in [2.75, 3.05) is 0 Å². The van der Waals surface area contributed by atoms with E-state index in [4.69, 9.17) is 58.3 Å². The molecular weight excluding hydrogens is 257 g/mol. The van der Waals surface area contributed by atoms with Crippen LogP contribution in [0.5, 0.6) is 0 Å². The van der Waals surface area contributed by atoms with Gasteiger partial charge in [0.2, 0.25) is 0 Å². The topological polar surface area (TPSA) is 26.3 Å². The average Bonchev–Trinajstić information content (AvgIpc) is 2.01. The highest BCUT2D eigenvalue weighted by Crippen LogP contribution is 2.34. The molecular formula is C4HCl5O2. The van der Waals surface area contributed by atoms with Gasteiger partial charge in [-0.05, 0) is 0 Å². The summed E-state index contributed by atoms with van der Waals surface area (Å²) in [5, 5.41) is -0.284. The molecule has 7 heteroatoms. The largest absolute Gasteiger partial charge is 0.366 e. The second-order valence-electron chi connectivity index (χ2n) is 1.40. The number of carbonyl (C=O) groups is 1. The molecule has 0 aliphatic heterocycles. The molecule has 0 aromatic carbocycles. The Kier molecular flexibility index (Phi) is 4.91. The van der Waals surface area contributed by atoms with Gasteiger partial charge in [-0.2, -0.15) is 0 Å². The van der Waals surface area contributed by atoms with Gasteiger partial charge in [0.15, 0.2) is 0 Å². The van der Waals surface area contributed by atoms with Gasteiger partial charge in [0.25, 0.3) is 4.33 Å². The Morgan fingerprint density at radius 1 is 1.45 bits per heavy atom. The highest BCUT2D eigenvalue weighted by atomic mass is 35.5. The van der Waals surface area contributed by atoms with Crippen molar-refractivity contribution in [3.05, 3.63) is 10.6 Å². The van der Waals surface area contributed by atoms with Crippen LogP contribution in [0.4, 0.5) is 0 Å². The van der Waals surface area contributed by atoms with Gasteiger partial charge in [0.1, 0.15) is 11.9 Å². The molecule has 0 aromatic heterocycles. The zero-order valence-corrected chi connectivity index (χ0v) is 8.56. The van der Waals surface area contributed by atoms with Crippen LogP contribution in [-0.2, 0) is 9.08 Å². The van der Waals surface area contributed by atoms with Gasteiger partial charge in [-0.15, -0.1) is 0 Å². The molecule has 0 N–H and O–H groups in total.